The van der Waals surface area contributed by atoms with E-state index >= 15 is 0 Å². The average molecular weight is 244 g/mol. The van der Waals surface area contributed by atoms with Crippen molar-refractivity contribution in [1.82, 2.24) is 20.0 Å². The highest BCUT2D eigenvalue weighted by Gasteiger charge is 1.99. The standard InChI is InChI=1S/C8H7BrN4/c1-6-4-10-13(5-6)8-3-2-7(9)11-12-8/h2-5H,1H3/i1D3,4D,5D. The Morgan fingerprint density at radius 2 is 2.46 bits per heavy atom. The Morgan fingerprint density at radius 1 is 1.54 bits per heavy atom. The summed E-state index contributed by atoms with van der Waals surface area (Å²) in [5.74, 6) is 0.187. The highest BCUT2D eigenvalue weighted by Crippen LogP contribution is 2.07. The van der Waals surface area contributed by atoms with Gasteiger partial charge in [0.15, 0.2) is 5.82 Å². The lowest BCUT2D eigenvalue weighted by Crippen LogP contribution is -1.98. The quantitative estimate of drug-likeness (QED) is 0.767. The van der Waals surface area contributed by atoms with E-state index in [1.807, 2.05) is 0 Å². The van der Waals surface area contributed by atoms with Crippen LogP contribution in [0.15, 0.2) is 29.1 Å². The summed E-state index contributed by atoms with van der Waals surface area (Å²) in [5, 5.41) is 11.2. The molecule has 2 heterocycles. The number of halogens is 1. The first-order valence-corrected chi connectivity index (χ1v) is 4.16. The second-order valence-electron chi connectivity index (χ2n) is 2.22. The normalized spacial score (nSPS) is 16.8. The summed E-state index contributed by atoms with van der Waals surface area (Å²) in [7, 11) is 0. The molecule has 0 saturated heterocycles. The molecule has 0 aromatic carbocycles. The zero-order valence-electron chi connectivity index (χ0n) is 11.3. The molecular weight excluding hydrogens is 232 g/mol. The van der Waals surface area contributed by atoms with Crippen LogP contribution in [0.25, 0.3) is 5.82 Å². The van der Waals surface area contributed by atoms with E-state index in [-0.39, 0.29) is 12.0 Å². The van der Waals surface area contributed by atoms with Gasteiger partial charge in [0.2, 0.25) is 0 Å². The van der Waals surface area contributed by atoms with Crippen LogP contribution < -0.4 is 0 Å². The van der Waals surface area contributed by atoms with Gasteiger partial charge in [-0.3, -0.25) is 0 Å². The Kier molecular flexibility index (Phi) is 1.08. The van der Waals surface area contributed by atoms with Crippen LogP contribution in [0.4, 0.5) is 0 Å². The first-order valence-electron chi connectivity index (χ1n) is 5.87. The van der Waals surface area contributed by atoms with Crippen molar-refractivity contribution >= 4 is 15.9 Å². The topological polar surface area (TPSA) is 43.6 Å². The van der Waals surface area contributed by atoms with E-state index in [1.54, 1.807) is 6.07 Å². The molecular formula is C8H7BrN4. The van der Waals surface area contributed by atoms with Crippen LogP contribution in [0.1, 0.15) is 12.4 Å². The molecule has 0 N–H and O–H groups in total. The van der Waals surface area contributed by atoms with Gasteiger partial charge in [-0.25, -0.2) is 4.68 Å². The molecule has 0 fully saturated rings. The van der Waals surface area contributed by atoms with Crippen LogP contribution >= 0.6 is 15.9 Å². The summed E-state index contributed by atoms with van der Waals surface area (Å²) in [4.78, 5) is 0. The van der Waals surface area contributed by atoms with Crippen molar-refractivity contribution in [3.8, 4) is 5.82 Å². The van der Waals surface area contributed by atoms with Crippen LogP contribution in [0.5, 0.6) is 0 Å². The van der Waals surface area contributed by atoms with Gasteiger partial charge in [0, 0.05) is 10.3 Å². The molecule has 0 spiro atoms. The number of rotatable bonds is 1. The third-order valence-electron chi connectivity index (χ3n) is 1.31. The van der Waals surface area contributed by atoms with Crippen molar-refractivity contribution in [2.45, 2.75) is 6.85 Å². The van der Waals surface area contributed by atoms with E-state index in [1.165, 1.54) is 6.07 Å². The largest absolute Gasteiger partial charge is 0.221 e. The summed E-state index contributed by atoms with van der Waals surface area (Å²) in [6.45, 7) is -2.55. The molecule has 2 aromatic rings. The maximum absolute atomic E-state index is 7.76. The molecule has 0 unspecified atom stereocenters. The Balaban J connectivity index is 2.57. The Bertz CT molecular complexity index is 576. The highest BCUT2D eigenvalue weighted by atomic mass is 79.9. The molecule has 0 amide bonds. The van der Waals surface area contributed by atoms with Crippen molar-refractivity contribution in [1.29, 1.82) is 0 Å². The summed E-state index contributed by atoms with van der Waals surface area (Å²) in [6.07, 6.45) is -0.832. The molecule has 0 atom stereocenters. The minimum atomic E-state index is -2.55. The fourth-order valence-electron chi connectivity index (χ4n) is 0.786. The van der Waals surface area contributed by atoms with Crippen LogP contribution in [0, 0.1) is 6.85 Å². The smallest absolute Gasteiger partial charge is 0.175 e. The van der Waals surface area contributed by atoms with Gasteiger partial charge in [-0.05, 0) is 40.5 Å². The molecule has 5 heteroatoms. The van der Waals surface area contributed by atoms with Gasteiger partial charge in [0.05, 0.1) is 8.91 Å². The van der Waals surface area contributed by atoms with E-state index in [9.17, 15) is 0 Å². The van der Waals surface area contributed by atoms with Crippen molar-refractivity contribution in [3.05, 3.63) is 34.6 Å². The number of aromatic nitrogens is 4. The Hall–Kier alpha value is -1.23. The first kappa shape index (κ1) is 4.32. The maximum Gasteiger partial charge on any atom is 0.175 e. The zero-order chi connectivity index (χ0) is 13.5. The molecule has 0 saturated carbocycles. The van der Waals surface area contributed by atoms with Gasteiger partial charge in [-0.15, -0.1) is 10.2 Å². The summed E-state index contributed by atoms with van der Waals surface area (Å²) < 4.78 is 38.5. The molecule has 0 aliphatic carbocycles. The maximum atomic E-state index is 7.76. The molecule has 0 aliphatic rings. The van der Waals surface area contributed by atoms with Gasteiger partial charge in [-0.2, -0.15) is 5.10 Å². The van der Waals surface area contributed by atoms with Gasteiger partial charge in [0.25, 0.3) is 0 Å². The minimum Gasteiger partial charge on any atom is -0.221 e. The predicted molar refractivity (Wildman–Crippen MR) is 51.6 cm³/mol. The summed E-state index contributed by atoms with van der Waals surface area (Å²) >= 11 is 3.11. The summed E-state index contributed by atoms with van der Waals surface area (Å²) in [6, 6.07) is 3.10. The van der Waals surface area contributed by atoms with Gasteiger partial charge >= 0.3 is 0 Å². The van der Waals surface area contributed by atoms with E-state index in [0.29, 0.717) is 4.60 Å². The van der Waals surface area contributed by atoms with Crippen molar-refractivity contribution in [2.75, 3.05) is 0 Å². The molecule has 4 nitrogen and oxygen atoms in total. The second-order valence-corrected chi connectivity index (χ2v) is 3.04. The van der Waals surface area contributed by atoms with Crippen LogP contribution in [0.3, 0.4) is 0 Å². The fourth-order valence-corrected chi connectivity index (χ4v) is 0.998. The van der Waals surface area contributed by atoms with Crippen molar-refractivity contribution in [2.24, 2.45) is 0 Å². The van der Waals surface area contributed by atoms with Crippen molar-refractivity contribution in [3.63, 3.8) is 0 Å². The summed E-state index contributed by atoms with van der Waals surface area (Å²) in [5.41, 5.74) is -0.396. The number of nitrogens with zero attached hydrogens (tertiary/aromatic N) is 4. The number of hydrogen-bond acceptors (Lipinski definition) is 3. The first-order chi connectivity index (χ1) is 8.30. The Morgan fingerprint density at radius 3 is 3.08 bits per heavy atom. The lowest BCUT2D eigenvalue weighted by Gasteiger charge is -1.97. The third kappa shape index (κ3) is 1.75. The third-order valence-corrected chi connectivity index (χ3v) is 1.74. The van der Waals surface area contributed by atoms with E-state index in [4.69, 9.17) is 6.85 Å². The zero-order valence-corrected chi connectivity index (χ0v) is 7.91. The monoisotopic (exact) mass is 243 g/mol. The van der Waals surface area contributed by atoms with Crippen LogP contribution in [0.2, 0.25) is 0 Å². The highest BCUT2D eigenvalue weighted by molar-refractivity contribution is 9.10. The lowest BCUT2D eigenvalue weighted by atomic mass is 10.4. The predicted octanol–water partition coefficient (Wildman–Crippen LogP) is 1.73. The SMILES string of the molecule is [2H]c1nn(-c2ccc(Br)nn2)c([2H])c1C([2H])([2H])[2H]. The average Bonchev–Trinajstić information content (AvgIpc) is 2.54. The lowest BCUT2D eigenvalue weighted by molar-refractivity contribution is 0.809. The van der Waals surface area contributed by atoms with Gasteiger partial charge in [0.1, 0.15) is 4.60 Å². The fraction of sp³-hybridized carbons (Fsp3) is 0.125. The Labute approximate surface area is 90.8 Å². The van der Waals surface area contributed by atoms with Crippen LogP contribution in [-0.2, 0) is 0 Å². The van der Waals surface area contributed by atoms with Gasteiger partial charge in [-0.1, -0.05) is 0 Å². The van der Waals surface area contributed by atoms with Gasteiger partial charge < -0.3 is 0 Å². The molecule has 2 aromatic heterocycles. The molecule has 0 radical (unpaired) electrons. The van der Waals surface area contributed by atoms with Crippen molar-refractivity contribution < 1.29 is 6.85 Å². The van der Waals surface area contributed by atoms with Crippen LogP contribution in [-0.4, -0.2) is 20.0 Å². The van der Waals surface area contributed by atoms with E-state index in [2.05, 4.69) is 31.2 Å². The molecule has 13 heavy (non-hydrogen) atoms. The molecule has 66 valence electrons. The molecule has 0 aliphatic heterocycles. The number of hydrogen-bond donors (Lipinski definition) is 0. The van der Waals surface area contributed by atoms with E-state index in [0.717, 1.165) is 4.68 Å². The second kappa shape index (κ2) is 3.26. The molecule has 2 rings (SSSR count). The molecule has 0 bridgehead atoms. The van der Waals surface area contributed by atoms with E-state index < -0.39 is 18.6 Å². The minimum absolute atomic E-state index is 0.187.